The zero-order valence-electron chi connectivity index (χ0n) is 10.3. The Bertz CT molecular complexity index is 490. The molecule has 96 valence electrons. The number of anilines is 1. The Morgan fingerprint density at radius 3 is 3.06 bits per heavy atom. The van der Waals surface area contributed by atoms with E-state index >= 15 is 0 Å². The molecule has 1 atom stereocenters. The minimum absolute atomic E-state index is 0.427. The Morgan fingerprint density at radius 2 is 2.50 bits per heavy atom. The fourth-order valence-corrected chi connectivity index (χ4v) is 1.83. The van der Waals surface area contributed by atoms with E-state index in [-0.39, 0.29) is 0 Å². The maximum Gasteiger partial charge on any atom is 0.168 e. The van der Waals surface area contributed by atoms with Crippen LogP contribution in [0.2, 0.25) is 0 Å². The Hall–Kier alpha value is -1.91. The van der Waals surface area contributed by atoms with Gasteiger partial charge < -0.3 is 5.32 Å². The number of carbonyl (C=O) groups excluding carboxylic acids is 1. The molecule has 1 aliphatic rings. The van der Waals surface area contributed by atoms with Crippen LogP contribution < -0.4 is 5.32 Å². The van der Waals surface area contributed by atoms with Gasteiger partial charge in [0.05, 0.1) is 0 Å². The van der Waals surface area contributed by atoms with Gasteiger partial charge >= 0.3 is 0 Å². The molecule has 0 amide bonds. The van der Waals surface area contributed by atoms with Gasteiger partial charge in [0.2, 0.25) is 0 Å². The highest BCUT2D eigenvalue weighted by Gasteiger charge is 2.08. The van der Waals surface area contributed by atoms with Crippen LogP contribution in [-0.2, 0) is 6.54 Å². The summed E-state index contributed by atoms with van der Waals surface area (Å²) in [4.78, 5) is 10.8. The molecular formula is C13H16FN3O. The maximum atomic E-state index is 12.9. The summed E-state index contributed by atoms with van der Waals surface area (Å²) >= 11 is 0. The van der Waals surface area contributed by atoms with Crippen LogP contribution in [0.4, 0.5) is 10.2 Å². The van der Waals surface area contributed by atoms with Crippen molar-refractivity contribution in [1.82, 2.24) is 9.78 Å². The average Bonchev–Trinajstić information content (AvgIpc) is 2.80. The van der Waals surface area contributed by atoms with Crippen molar-refractivity contribution in [1.29, 1.82) is 0 Å². The van der Waals surface area contributed by atoms with Crippen LogP contribution in [0.3, 0.4) is 0 Å². The lowest BCUT2D eigenvalue weighted by molar-refractivity contribution is 0.111. The van der Waals surface area contributed by atoms with Crippen molar-refractivity contribution in [3.63, 3.8) is 0 Å². The summed E-state index contributed by atoms with van der Waals surface area (Å²) in [5, 5.41) is 7.37. The fourth-order valence-electron chi connectivity index (χ4n) is 1.83. The van der Waals surface area contributed by atoms with Crippen LogP contribution in [0.15, 0.2) is 29.9 Å². The lowest BCUT2D eigenvalue weighted by Crippen LogP contribution is -2.08. The molecule has 5 heteroatoms. The minimum Gasteiger partial charge on any atom is -0.365 e. The lowest BCUT2D eigenvalue weighted by Gasteiger charge is -2.10. The van der Waals surface area contributed by atoms with Gasteiger partial charge in [-0.05, 0) is 12.5 Å². The SMILES string of the molecule is CCn1nc(NCC2=CCC(F)C=C2)cc1C=O. The number of nitrogens with zero attached hydrogens (tertiary/aromatic N) is 2. The van der Waals surface area contributed by atoms with Gasteiger partial charge in [0.15, 0.2) is 6.29 Å². The van der Waals surface area contributed by atoms with Crippen LogP contribution in [0.25, 0.3) is 0 Å². The molecule has 0 aromatic carbocycles. The molecule has 0 spiro atoms. The largest absolute Gasteiger partial charge is 0.365 e. The first-order valence-electron chi connectivity index (χ1n) is 6.01. The topological polar surface area (TPSA) is 46.9 Å². The average molecular weight is 249 g/mol. The number of aromatic nitrogens is 2. The van der Waals surface area contributed by atoms with Gasteiger partial charge in [-0.1, -0.05) is 18.2 Å². The summed E-state index contributed by atoms with van der Waals surface area (Å²) in [7, 11) is 0. The third-order valence-electron chi connectivity index (χ3n) is 2.83. The first-order valence-corrected chi connectivity index (χ1v) is 6.01. The van der Waals surface area contributed by atoms with E-state index in [9.17, 15) is 9.18 Å². The Labute approximate surface area is 105 Å². The zero-order valence-corrected chi connectivity index (χ0v) is 10.3. The number of hydrogen-bond acceptors (Lipinski definition) is 3. The first kappa shape index (κ1) is 12.5. The smallest absolute Gasteiger partial charge is 0.168 e. The molecule has 1 aromatic heterocycles. The van der Waals surface area contributed by atoms with Crippen molar-refractivity contribution in [3.8, 4) is 0 Å². The summed E-state index contributed by atoms with van der Waals surface area (Å²) in [5.74, 6) is 0.663. The molecule has 0 radical (unpaired) electrons. The van der Waals surface area contributed by atoms with Crippen LogP contribution in [0.5, 0.6) is 0 Å². The van der Waals surface area contributed by atoms with E-state index in [2.05, 4.69) is 10.4 Å². The van der Waals surface area contributed by atoms with E-state index < -0.39 is 6.17 Å². The van der Waals surface area contributed by atoms with Crippen LogP contribution in [0.1, 0.15) is 23.8 Å². The third kappa shape index (κ3) is 2.85. The van der Waals surface area contributed by atoms with Crippen molar-refractivity contribution in [3.05, 3.63) is 35.6 Å². The number of alkyl halides is 1. The third-order valence-corrected chi connectivity index (χ3v) is 2.83. The van der Waals surface area contributed by atoms with Gasteiger partial charge in [0, 0.05) is 25.6 Å². The number of aldehydes is 1. The fraction of sp³-hybridized carbons (Fsp3) is 0.385. The standard InChI is InChI=1S/C13H16FN3O/c1-2-17-12(9-18)7-13(16-17)15-8-10-3-5-11(14)6-4-10/h3-5,7,9,11H,2,6,8H2,1H3,(H,15,16). The summed E-state index contributed by atoms with van der Waals surface area (Å²) in [5.41, 5.74) is 1.58. The minimum atomic E-state index is -0.866. The zero-order chi connectivity index (χ0) is 13.0. The van der Waals surface area contributed by atoms with E-state index in [0.29, 0.717) is 31.0 Å². The maximum absolute atomic E-state index is 12.9. The molecule has 0 saturated heterocycles. The number of halogens is 1. The number of hydrogen-bond donors (Lipinski definition) is 1. The second kappa shape index (κ2) is 5.62. The van der Waals surface area contributed by atoms with E-state index in [1.165, 1.54) is 0 Å². The highest BCUT2D eigenvalue weighted by Crippen LogP contribution is 2.14. The molecule has 0 fully saturated rings. The molecule has 1 aromatic rings. The van der Waals surface area contributed by atoms with Gasteiger partial charge in [-0.25, -0.2) is 4.39 Å². The van der Waals surface area contributed by atoms with E-state index in [1.807, 2.05) is 13.0 Å². The van der Waals surface area contributed by atoms with E-state index in [0.717, 1.165) is 11.9 Å². The monoisotopic (exact) mass is 249 g/mol. The Morgan fingerprint density at radius 1 is 1.67 bits per heavy atom. The number of carbonyl (C=O) groups is 1. The molecule has 1 unspecified atom stereocenters. The van der Waals surface area contributed by atoms with Crippen molar-refractivity contribution >= 4 is 12.1 Å². The predicted molar refractivity (Wildman–Crippen MR) is 68.5 cm³/mol. The van der Waals surface area contributed by atoms with Gasteiger partial charge in [-0.2, -0.15) is 5.10 Å². The number of rotatable bonds is 5. The summed E-state index contributed by atoms with van der Waals surface area (Å²) in [6, 6.07) is 1.71. The molecule has 1 heterocycles. The van der Waals surface area contributed by atoms with Gasteiger partial charge in [-0.15, -0.1) is 0 Å². The number of nitrogens with one attached hydrogen (secondary N) is 1. The molecule has 2 rings (SSSR count). The highest BCUT2D eigenvalue weighted by molar-refractivity contribution is 5.74. The molecular weight excluding hydrogens is 233 g/mol. The second-order valence-corrected chi connectivity index (χ2v) is 4.13. The van der Waals surface area contributed by atoms with Gasteiger partial charge in [0.25, 0.3) is 0 Å². The van der Waals surface area contributed by atoms with Crippen molar-refractivity contribution in [2.24, 2.45) is 0 Å². The molecule has 1 N–H and O–H groups in total. The van der Waals surface area contributed by atoms with Crippen LogP contribution in [-0.4, -0.2) is 28.8 Å². The molecule has 0 bridgehead atoms. The molecule has 18 heavy (non-hydrogen) atoms. The predicted octanol–water partition coefficient (Wildman–Crippen LogP) is 2.35. The van der Waals surface area contributed by atoms with Gasteiger partial charge in [-0.3, -0.25) is 9.48 Å². The summed E-state index contributed by atoms with van der Waals surface area (Å²) in [6.07, 6.45) is 5.55. The second-order valence-electron chi connectivity index (χ2n) is 4.13. The summed E-state index contributed by atoms with van der Waals surface area (Å²) in [6.45, 7) is 3.17. The van der Waals surface area contributed by atoms with E-state index in [1.54, 1.807) is 22.9 Å². The van der Waals surface area contributed by atoms with Crippen LogP contribution in [0, 0.1) is 0 Å². The molecule has 1 aliphatic carbocycles. The lowest BCUT2D eigenvalue weighted by atomic mass is 10.1. The first-order chi connectivity index (χ1) is 8.72. The normalized spacial score (nSPS) is 18.6. The number of allylic oxidation sites excluding steroid dienone is 2. The summed E-state index contributed by atoms with van der Waals surface area (Å²) < 4.78 is 14.5. The van der Waals surface area contributed by atoms with Crippen molar-refractivity contribution < 1.29 is 9.18 Å². The van der Waals surface area contributed by atoms with Gasteiger partial charge in [0.1, 0.15) is 17.7 Å². The van der Waals surface area contributed by atoms with Crippen LogP contribution >= 0.6 is 0 Å². The molecule has 0 aliphatic heterocycles. The van der Waals surface area contributed by atoms with Crippen molar-refractivity contribution in [2.75, 3.05) is 11.9 Å². The number of aryl methyl sites for hydroxylation is 1. The highest BCUT2D eigenvalue weighted by atomic mass is 19.1. The Kier molecular flexibility index (Phi) is 3.92. The van der Waals surface area contributed by atoms with Crippen molar-refractivity contribution in [2.45, 2.75) is 26.1 Å². The quantitative estimate of drug-likeness (QED) is 0.815. The molecule has 4 nitrogen and oxygen atoms in total. The van der Waals surface area contributed by atoms with E-state index in [4.69, 9.17) is 0 Å². The Balaban J connectivity index is 1.96. The molecule has 0 saturated carbocycles.